The number of halogens is 10. The normalized spacial score (nSPS) is 9.73. The molecule has 0 aliphatic carbocycles. The van der Waals surface area contributed by atoms with Crippen LogP contribution in [0.3, 0.4) is 0 Å². The Balaban J connectivity index is -0.0000000358. The molecule has 15 heavy (non-hydrogen) atoms. The van der Waals surface area contributed by atoms with Crippen LogP contribution in [0.5, 0.6) is 0 Å². The van der Waals surface area contributed by atoms with Gasteiger partial charge in [-0.15, -0.1) is 0 Å². The Labute approximate surface area is 91.5 Å². The van der Waals surface area contributed by atoms with E-state index >= 15 is 0 Å². The van der Waals surface area contributed by atoms with Gasteiger partial charge < -0.3 is 36.0 Å². The molecule has 15 heteroatoms. The Morgan fingerprint density at radius 2 is 0.733 bits per heavy atom. The molecule has 1 nitrogen and oxygen atoms in total. The van der Waals surface area contributed by atoms with Gasteiger partial charge in [-0.1, -0.05) is 0 Å². The molecule has 0 aromatic rings. The molecule has 0 radical (unpaired) electrons. The molecule has 0 N–H and O–H groups in total. The number of hydrogen-bond donors (Lipinski definition) is 0. The zero-order valence-corrected chi connectivity index (χ0v) is 7.68. The van der Waals surface area contributed by atoms with Crippen molar-refractivity contribution in [2.45, 2.75) is 0 Å². The van der Waals surface area contributed by atoms with Crippen molar-refractivity contribution < 1.29 is 67.8 Å². The van der Waals surface area contributed by atoms with Crippen molar-refractivity contribution in [2.24, 2.45) is 0 Å². The van der Waals surface area contributed by atoms with E-state index in [1.807, 2.05) is 0 Å². The first-order chi connectivity index (χ1) is 5.73. The minimum Gasteiger partial charge on any atom is -1.00 e. The minimum atomic E-state index is -6.00. The second-order valence-corrected chi connectivity index (χ2v) is 1.60. The third kappa shape index (κ3) is 128000. The van der Waals surface area contributed by atoms with Crippen LogP contribution in [0.2, 0.25) is 0 Å². The molecule has 0 saturated carbocycles. The quantitative estimate of drug-likeness (QED) is 0.367. The summed E-state index contributed by atoms with van der Waals surface area (Å²) in [5, 5.41) is 0. The predicted octanol–water partition coefficient (Wildman–Crippen LogP) is 1.30. The Kier molecular flexibility index (Phi) is 17.3. The molecule has 0 spiro atoms. The van der Waals surface area contributed by atoms with Gasteiger partial charge in [-0.05, 0) is 0 Å². The van der Waals surface area contributed by atoms with E-state index in [4.69, 9.17) is 4.57 Å². The van der Waals surface area contributed by atoms with Crippen LogP contribution in [-0.2, 0) is 4.57 Å². The summed E-state index contributed by atoms with van der Waals surface area (Å²) in [6.07, 6.45) is 0. The third-order valence-electron chi connectivity index (χ3n) is 0. The first-order valence-electron chi connectivity index (χ1n) is 2.27. The van der Waals surface area contributed by atoms with Crippen molar-refractivity contribution >= 4 is 22.9 Å². The van der Waals surface area contributed by atoms with Crippen LogP contribution in [0, 0.1) is 0 Å². The molecule has 0 bridgehead atoms. The SMILES string of the molecule is F[B-](F)(F)F.F[B-](F)(F)F.O=[P+](F)F.[H-].[Li+]. The molecule has 0 aliphatic heterocycles. The maximum Gasteiger partial charge on any atom is 1.00 e. The van der Waals surface area contributed by atoms with Crippen LogP contribution in [0.15, 0.2) is 0 Å². The largest absolute Gasteiger partial charge is 1.00 e. The molecule has 0 aromatic carbocycles. The number of hydrogen-bond acceptors (Lipinski definition) is 1. The van der Waals surface area contributed by atoms with Gasteiger partial charge in [0.15, 0.2) is 0 Å². The Morgan fingerprint density at radius 3 is 0.733 bits per heavy atom. The fraction of sp³-hybridized carbons (Fsp3) is 0. The summed E-state index contributed by atoms with van der Waals surface area (Å²) >= 11 is 0. The second-order valence-electron chi connectivity index (χ2n) is 1.19. The van der Waals surface area contributed by atoms with E-state index in [0.717, 1.165) is 0 Å². The van der Waals surface area contributed by atoms with Crippen LogP contribution in [0.25, 0.3) is 0 Å². The van der Waals surface area contributed by atoms with Crippen molar-refractivity contribution in [1.82, 2.24) is 0 Å². The molecule has 0 fully saturated rings. The fourth-order valence-corrected chi connectivity index (χ4v) is 0. The van der Waals surface area contributed by atoms with E-state index in [-0.39, 0.29) is 20.3 Å². The molecule has 0 unspecified atom stereocenters. The van der Waals surface area contributed by atoms with E-state index < -0.39 is 22.9 Å². The summed E-state index contributed by atoms with van der Waals surface area (Å²) in [7, 11) is -15.9. The van der Waals surface area contributed by atoms with Gasteiger partial charge in [0.05, 0.1) is 8.39 Å². The molecule has 0 heterocycles. The van der Waals surface area contributed by atoms with Crippen LogP contribution < -0.4 is 18.9 Å². The second kappa shape index (κ2) is 10.6. The van der Waals surface area contributed by atoms with Crippen LogP contribution in [0.1, 0.15) is 1.43 Å². The van der Waals surface area contributed by atoms with Crippen LogP contribution in [-0.4, -0.2) is 14.5 Å². The zero-order valence-electron chi connectivity index (χ0n) is 7.79. The molecular weight excluding hydrogens is 266 g/mol. The maximum atomic E-state index is 9.84. The monoisotopic (exact) mass is 267 g/mol. The van der Waals surface area contributed by atoms with Gasteiger partial charge in [-0.2, -0.15) is 0 Å². The van der Waals surface area contributed by atoms with Crippen LogP contribution >= 0.6 is 8.42 Å². The summed E-state index contributed by atoms with van der Waals surface area (Å²) < 4.78 is 106. The van der Waals surface area contributed by atoms with Gasteiger partial charge in [0.25, 0.3) is 0 Å². The van der Waals surface area contributed by atoms with E-state index in [1.165, 1.54) is 0 Å². The molecule has 0 aliphatic rings. The standard InChI is InChI=1S/2BF4.F2OP.Li.H/c2*2-1(3,4)5;1-4(2)3;;/q2*-1;2*+1;-1. The first kappa shape index (κ1) is 24.4. The van der Waals surface area contributed by atoms with Gasteiger partial charge in [0, 0.05) is 4.57 Å². The molecule has 0 amide bonds. The average molecular weight is 267 g/mol. The summed E-state index contributed by atoms with van der Waals surface area (Å²) in [6, 6.07) is 0. The maximum absolute atomic E-state index is 9.84. The molecule has 0 atom stereocenters. The smallest absolute Gasteiger partial charge is 1.00 e. The molecular formula is HB2F10LiOP-. The van der Waals surface area contributed by atoms with Gasteiger partial charge in [-0.25, -0.2) is 0 Å². The summed E-state index contributed by atoms with van der Waals surface area (Å²) in [5.74, 6) is 0. The Bertz CT molecular complexity index is 128. The van der Waals surface area contributed by atoms with E-state index in [0.29, 0.717) is 0 Å². The summed E-state index contributed by atoms with van der Waals surface area (Å²) in [4.78, 5) is 0. The van der Waals surface area contributed by atoms with E-state index in [9.17, 15) is 42.9 Å². The van der Waals surface area contributed by atoms with E-state index in [1.54, 1.807) is 0 Å². The van der Waals surface area contributed by atoms with Crippen molar-refractivity contribution in [3.05, 3.63) is 0 Å². The van der Waals surface area contributed by atoms with Gasteiger partial charge in [0.2, 0.25) is 0 Å². The average Bonchev–Trinajstić information content (AvgIpc) is 1.45. The van der Waals surface area contributed by atoms with E-state index in [2.05, 4.69) is 0 Å². The zero-order chi connectivity index (χ0) is 12.6. The molecule has 0 saturated heterocycles. The molecule has 90 valence electrons. The van der Waals surface area contributed by atoms with Gasteiger partial charge in [0.1, 0.15) is 0 Å². The van der Waals surface area contributed by atoms with Gasteiger partial charge >= 0.3 is 41.8 Å². The van der Waals surface area contributed by atoms with Crippen molar-refractivity contribution in [2.75, 3.05) is 0 Å². The molecule has 0 rings (SSSR count). The Hall–Kier alpha value is 0.127. The van der Waals surface area contributed by atoms with Crippen molar-refractivity contribution in [3.8, 4) is 0 Å². The molecule has 0 aromatic heterocycles. The summed E-state index contributed by atoms with van der Waals surface area (Å²) in [5.41, 5.74) is 0. The van der Waals surface area contributed by atoms with Crippen molar-refractivity contribution in [1.29, 1.82) is 0 Å². The number of rotatable bonds is 0. The van der Waals surface area contributed by atoms with Crippen LogP contribution in [0.4, 0.5) is 42.9 Å². The third-order valence-corrected chi connectivity index (χ3v) is 0. The fourth-order valence-electron chi connectivity index (χ4n) is 0. The Morgan fingerprint density at radius 1 is 0.733 bits per heavy atom. The van der Waals surface area contributed by atoms with Crippen molar-refractivity contribution in [3.63, 3.8) is 0 Å². The minimum absolute atomic E-state index is 0. The topological polar surface area (TPSA) is 17.1 Å². The first-order valence-corrected chi connectivity index (χ1v) is 3.31. The van der Waals surface area contributed by atoms with Gasteiger partial charge in [-0.3, -0.25) is 0 Å². The predicted molar refractivity (Wildman–Crippen MR) is 31.3 cm³/mol. The summed E-state index contributed by atoms with van der Waals surface area (Å²) in [6.45, 7) is 0.